The fourth-order valence-corrected chi connectivity index (χ4v) is 4.36. The van der Waals surface area contributed by atoms with Gasteiger partial charge in [-0.1, -0.05) is 36.2 Å². The molecule has 3 rings (SSSR count). The first kappa shape index (κ1) is 28.7. The predicted molar refractivity (Wildman–Crippen MR) is 141 cm³/mol. The second kappa shape index (κ2) is 13.1. The van der Waals surface area contributed by atoms with Gasteiger partial charge >= 0.3 is 12.0 Å². The van der Waals surface area contributed by atoms with Crippen molar-refractivity contribution in [3.63, 3.8) is 0 Å². The van der Waals surface area contributed by atoms with Crippen molar-refractivity contribution in [1.29, 1.82) is 0 Å². The third-order valence-electron chi connectivity index (χ3n) is 6.08. The largest absolute Gasteiger partial charge is 0.478 e. The number of aromatic carboxylic acids is 1. The summed E-state index contributed by atoms with van der Waals surface area (Å²) in [6, 6.07) is 7.35. The molecule has 0 spiro atoms. The van der Waals surface area contributed by atoms with Gasteiger partial charge in [0.05, 0.1) is 24.1 Å². The summed E-state index contributed by atoms with van der Waals surface area (Å²) < 4.78 is 14.4. The topological polar surface area (TPSA) is 146 Å². The van der Waals surface area contributed by atoms with Crippen molar-refractivity contribution in [3.8, 4) is 0 Å². The molecule has 0 radical (unpaired) electrons. The Morgan fingerprint density at radius 1 is 1.32 bits per heavy atom. The second-order valence-electron chi connectivity index (χ2n) is 8.84. The molecule has 1 unspecified atom stereocenters. The summed E-state index contributed by atoms with van der Waals surface area (Å²) in [7, 11) is 0. The van der Waals surface area contributed by atoms with E-state index in [9.17, 15) is 23.9 Å². The maximum absolute atomic E-state index is 14.4. The number of amidine groups is 1. The number of carboxylic acid groups (broad SMARTS) is 1. The number of nitrogen functional groups attached to an aromatic ring is 1. The Bertz CT molecular complexity index is 1220. The van der Waals surface area contributed by atoms with Gasteiger partial charge in [-0.25, -0.2) is 14.0 Å². The number of oxime groups is 1. The van der Waals surface area contributed by atoms with Crippen molar-refractivity contribution in [2.24, 2.45) is 11.1 Å². The number of hydrogen-bond acceptors (Lipinski definition) is 6. The van der Waals surface area contributed by atoms with Crippen LogP contribution in [0.25, 0.3) is 0 Å². The van der Waals surface area contributed by atoms with Gasteiger partial charge in [-0.15, -0.1) is 0 Å². The molecular formula is C26H31ClFN5O5. The highest BCUT2D eigenvalue weighted by atomic mass is 35.5. The first-order valence-corrected chi connectivity index (χ1v) is 12.6. The van der Waals surface area contributed by atoms with E-state index in [1.165, 1.54) is 30.3 Å². The lowest BCUT2D eigenvalue weighted by molar-refractivity contribution is -0.131. The Hall–Kier alpha value is -3.86. The Labute approximate surface area is 225 Å². The summed E-state index contributed by atoms with van der Waals surface area (Å²) in [4.78, 5) is 44.5. The molecule has 0 aromatic heterocycles. The van der Waals surface area contributed by atoms with E-state index in [2.05, 4.69) is 15.8 Å². The molecule has 10 nitrogen and oxygen atoms in total. The number of rotatable bonds is 9. The lowest BCUT2D eigenvalue weighted by Gasteiger charge is -2.26. The highest BCUT2D eigenvalue weighted by Crippen LogP contribution is 2.25. The molecule has 1 fully saturated rings. The molecule has 204 valence electrons. The number of imide groups is 1. The Balaban J connectivity index is 1.88. The predicted octanol–water partition coefficient (Wildman–Crippen LogP) is 3.95. The van der Waals surface area contributed by atoms with Gasteiger partial charge in [0.15, 0.2) is 5.84 Å². The molecular weight excluding hydrogens is 517 g/mol. The maximum Gasteiger partial charge on any atom is 0.337 e. The van der Waals surface area contributed by atoms with Gasteiger partial charge < -0.3 is 26.3 Å². The summed E-state index contributed by atoms with van der Waals surface area (Å²) in [5.74, 6) is -2.70. The molecule has 2 atom stereocenters. The number of nitrogens with two attached hydrogens (primary N) is 1. The van der Waals surface area contributed by atoms with Crippen LogP contribution >= 0.6 is 11.6 Å². The minimum atomic E-state index is -1.16. The highest BCUT2D eigenvalue weighted by molar-refractivity contribution is 6.30. The normalized spacial score (nSPS) is 17.5. The summed E-state index contributed by atoms with van der Waals surface area (Å²) in [6.45, 7) is 3.88. The van der Waals surface area contributed by atoms with Crippen LogP contribution in [0.4, 0.5) is 14.9 Å². The lowest BCUT2D eigenvalue weighted by atomic mass is 9.97. The van der Waals surface area contributed by atoms with E-state index >= 15 is 0 Å². The van der Waals surface area contributed by atoms with E-state index in [0.29, 0.717) is 23.4 Å². The maximum atomic E-state index is 14.4. The molecule has 12 heteroatoms. The van der Waals surface area contributed by atoms with Crippen LogP contribution < -0.4 is 16.4 Å². The number of nitrogens with one attached hydrogen (secondary N) is 2. The van der Waals surface area contributed by atoms with Gasteiger partial charge in [0.25, 0.3) is 0 Å². The molecule has 3 amide bonds. The highest BCUT2D eigenvalue weighted by Gasteiger charge is 2.35. The van der Waals surface area contributed by atoms with Crippen molar-refractivity contribution >= 4 is 41.0 Å². The zero-order valence-corrected chi connectivity index (χ0v) is 21.9. The van der Waals surface area contributed by atoms with Crippen LogP contribution in [-0.4, -0.2) is 53.4 Å². The number of urea groups is 1. The van der Waals surface area contributed by atoms with Crippen molar-refractivity contribution < 1.29 is 28.7 Å². The summed E-state index contributed by atoms with van der Waals surface area (Å²) in [5, 5.41) is 19.5. The first-order valence-electron chi connectivity index (χ1n) is 12.3. The molecule has 1 heterocycles. The number of carboxylic acids is 1. The number of carbonyl (C=O) groups excluding carboxylic acids is 2. The number of nitrogens with zero attached hydrogens (tertiary/aromatic N) is 2. The monoisotopic (exact) mass is 547 g/mol. The van der Waals surface area contributed by atoms with Crippen LogP contribution in [0.15, 0.2) is 41.6 Å². The SMILES string of the molecule is CCCC(NC(=O)N1C/C(=N/OCC)NC[C@@H](Cc2cc(Cl)ccc2F)C1=O)c1ccc(C(=O)O)c(N)c1. The molecule has 1 aliphatic heterocycles. The van der Waals surface area contributed by atoms with Crippen molar-refractivity contribution in [3.05, 3.63) is 63.9 Å². The van der Waals surface area contributed by atoms with Crippen LogP contribution in [0.1, 0.15) is 54.2 Å². The lowest BCUT2D eigenvalue weighted by Crippen LogP contribution is -2.48. The molecule has 2 aromatic carbocycles. The second-order valence-corrected chi connectivity index (χ2v) is 9.28. The number of hydrogen-bond donors (Lipinski definition) is 4. The van der Waals surface area contributed by atoms with Gasteiger partial charge in [-0.3, -0.25) is 9.69 Å². The minimum Gasteiger partial charge on any atom is -0.478 e. The van der Waals surface area contributed by atoms with Gasteiger partial charge in [0, 0.05) is 17.3 Å². The number of halogens is 2. The number of anilines is 1. The van der Waals surface area contributed by atoms with Gasteiger partial charge in [0.2, 0.25) is 5.91 Å². The Morgan fingerprint density at radius 3 is 2.74 bits per heavy atom. The van der Waals surface area contributed by atoms with Crippen LogP contribution in [0.3, 0.4) is 0 Å². The average molecular weight is 548 g/mol. The zero-order valence-electron chi connectivity index (χ0n) is 21.2. The molecule has 0 saturated carbocycles. The van der Waals surface area contributed by atoms with E-state index < -0.39 is 35.7 Å². The van der Waals surface area contributed by atoms with Crippen LogP contribution in [-0.2, 0) is 16.1 Å². The Morgan fingerprint density at radius 2 is 2.08 bits per heavy atom. The van der Waals surface area contributed by atoms with Gasteiger partial charge in [-0.05, 0) is 61.2 Å². The Kier molecular flexibility index (Phi) is 9.89. The van der Waals surface area contributed by atoms with E-state index in [1.54, 1.807) is 13.0 Å². The average Bonchev–Trinajstić information content (AvgIpc) is 3.03. The molecule has 1 aliphatic rings. The van der Waals surface area contributed by atoms with Gasteiger partial charge in [-0.2, -0.15) is 0 Å². The molecule has 5 N–H and O–H groups in total. The zero-order chi connectivity index (χ0) is 27.8. The molecule has 0 aliphatic carbocycles. The van der Waals surface area contributed by atoms with Crippen LogP contribution in [0.5, 0.6) is 0 Å². The standard InChI is InChI=1S/C26H31ClFN5O5/c1-3-5-22(15-6-8-19(25(35)36)21(29)12-15)31-26(37)33-14-23(32-38-4-2)30-13-17(24(33)34)10-16-11-18(27)7-9-20(16)28/h6-9,11-12,17,22H,3-5,10,13-14,29H2,1-2H3,(H,30,32)(H,31,37)(H,35,36)/t17-,22?/m1/s1. The van der Waals surface area contributed by atoms with Crippen LogP contribution in [0.2, 0.25) is 5.02 Å². The third kappa shape index (κ3) is 7.12. The third-order valence-corrected chi connectivity index (χ3v) is 6.32. The molecule has 2 aromatic rings. The van der Waals surface area contributed by atoms with E-state index in [4.69, 9.17) is 22.2 Å². The molecule has 0 bridgehead atoms. The number of carbonyl (C=O) groups is 3. The smallest absolute Gasteiger partial charge is 0.337 e. The fourth-order valence-electron chi connectivity index (χ4n) is 4.16. The molecule has 38 heavy (non-hydrogen) atoms. The summed E-state index contributed by atoms with van der Waals surface area (Å²) in [6.07, 6.45) is 1.21. The number of benzene rings is 2. The van der Waals surface area contributed by atoms with Gasteiger partial charge in [0.1, 0.15) is 12.4 Å². The summed E-state index contributed by atoms with van der Waals surface area (Å²) >= 11 is 6.03. The van der Waals surface area contributed by atoms with E-state index in [-0.39, 0.29) is 48.8 Å². The number of amides is 3. The first-order chi connectivity index (χ1) is 18.1. The fraction of sp³-hybridized carbons (Fsp3) is 0.385. The minimum absolute atomic E-state index is 0.00942. The summed E-state index contributed by atoms with van der Waals surface area (Å²) in [5.41, 5.74) is 6.79. The van der Waals surface area contributed by atoms with E-state index in [0.717, 1.165) is 4.90 Å². The van der Waals surface area contributed by atoms with E-state index in [1.807, 2.05) is 6.92 Å². The quantitative estimate of drug-likeness (QED) is 0.274. The van der Waals surface area contributed by atoms with Crippen LogP contribution in [0, 0.1) is 11.7 Å². The van der Waals surface area contributed by atoms with Crippen molar-refractivity contribution in [2.45, 2.75) is 39.2 Å². The molecule has 1 saturated heterocycles. The van der Waals surface area contributed by atoms with Crippen molar-refractivity contribution in [1.82, 2.24) is 15.5 Å². The van der Waals surface area contributed by atoms with Crippen molar-refractivity contribution in [2.75, 3.05) is 25.4 Å².